The van der Waals surface area contributed by atoms with Gasteiger partial charge in [0.15, 0.2) is 5.78 Å². The van der Waals surface area contributed by atoms with Crippen LogP contribution in [0.3, 0.4) is 0 Å². The fraction of sp³-hybridized carbons (Fsp3) is 0.294. The minimum Gasteiger partial charge on any atom is -0.366 e. The number of pyridine rings is 1. The molecule has 3 rings (SSSR count). The Bertz CT molecular complexity index is 667. The van der Waals surface area contributed by atoms with E-state index in [1.807, 2.05) is 23.1 Å². The fourth-order valence-electron chi connectivity index (χ4n) is 2.70. The van der Waals surface area contributed by atoms with Gasteiger partial charge in [-0.1, -0.05) is 6.07 Å². The first-order valence-corrected chi connectivity index (χ1v) is 7.36. The summed E-state index contributed by atoms with van der Waals surface area (Å²) in [6, 6.07) is 10.6. The van der Waals surface area contributed by atoms with Crippen LogP contribution in [0.5, 0.6) is 0 Å². The molecule has 4 nitrogen and oxygen atoms in total. The summed E-state index contributed by atoms with van der Waals surface area (Å²) in [4.78, 5) is 19.8. The summed E-state index contributed by atoms with van der Waals surface area (Å²) < 4.78 is 14.2. The summed E-state index contributed by atoms with van der Waals surface area (Å²) in [6.45, 7) is 4.50. The number of anilines is 2. The molecule has 1 aromatic carbocycles. The van der Waals surface area contributed by atoms with Gasteiger partial charge in [0.2, 0.25) is 0 Å². The van der Waals surface area contributed by atoms with E-state index < -0.39 is 0 Å². The molecule has 2 heterocycles. The van der Waals surface area contributed by atoms with Crippen LogP contribution in [0.2, 0.25) is 0 Å². The van der Waals surface area contributed by atoms with E-state index in [9.17, 15) is 9.18 Å². The Labute approximate surface area is 129 Å². The van der Waals surface area contributed by atoms with Gasteiger partial charge in [-0.3, -0.25) is 4.79 Å². The molecule has 22 heavy (non-hydrogen) atoms. The third kappa shape index (κ3) is 2.93. The van der Waals surface area contributed by atoms with Crippen LogP contribution in [-0.4, -0.2) is 36.9 Å². The highest BCUT2D eigenvalue weighted by Gasteiger charge is 2.20. The SMILES string of the molecule is CC(=O)c1ccc(N2CCN(c3ccccn3)CC2)c(F)c1. The zero-order valence-corrected chi connectivity index (χ0v) is 12.5. The standard InChI is InChI=1S/C17H18FN3O/c1-13(22)14-5-6-16(15(18)12-14)20-8-10-21(11-9-20)17-4-2-3-7-19-17/h2-7,12H,8-11H2,1H3. The number of halogens is 1. The van der Waals surface area contributed by atoms with Crippen LogP contribution in [0.25, 0.3) is 0 Å². The normalized spacial score (nSPS) is 15.0. The van der Waals surface area contributed by atoms with Crippen molar-refractivity contribution in [3.8, 4) is 0 Å². The number of rotatable bonds is 3. The highest BCUT2D eigenvalue weighted by molar-refractivity contribution is 5.94. The van der Waals surface area contributed by atoms with Crippen molar-refractivity contribution in [2.24, 2.45) is 0 Å². The molecule has 0 aliphatic carbocycles. The molecule has 0 saturated carbocycles. The second kappa shape index (κ2) is 6.13. The van der Waals surface area contributed by atoms with Crippen molar-refractivity contribution in [2.45, 2.75) is 6.92 Å². The lowest BCUT2D eigenvalue weighted by atomic mass is 10.1. The molecule has 0 unspecified atom stereocenters. The monoisotopic (exact) mass is 299 g/mol. The smallest absolute Gasteiger partial charge is 0.159 e. The lowest BCUT2D eigenvalue weighted by Crippen LogP contribution is -2.47. The maximum absolute atomic E-state index is 14.2. The maximum Gasteiger partial charge on any atom is 0.159 e. The Morgan fingerprint density at radius 2 is 1.82 bits per heavy atom. The van der Waals surface area contributed by atoms with Crippen LogP contribution in [0, 0.1) is 5.82 Å². The highest BCUT2D eigenvalue weighted by atomic mass is 19.1. The van der Waals surface area contributed by atoms with Gasteiger partial charge in [-0.15, -0.1) is 0 Å². The molecule has 0 N–H and O–H groups in total. The molecule has 1 saturated heterocycles. The molecule has 0 spiro atoms. The average Bonchev–Trinajstić information content (AvgIpc) is 2.56. The summed E-state index contributed by atoms with van der Waals surface area (Å²) in [6.07, 6.45) is 1.78. The lowest BCUT2D eigenvalue weighted by Gasteiger charge is -2.36. The Morgan fingerprint density at radius 1 is 1.09 bits per heavy atom. The van der Waals surface area contributed by atoms with Crippen molar-refractivity contribution >= 4 is 17.3 Å². The Kier molecular flexibility index (Phi) is 4.04. The molecular formula is C17H18FN3O. The van der Waals surface area contributed by atoms with Crippen LogP contribution in [-0.2, 0) is 0 Å². The highest BCUT2D eigenvalue weighted by Crippen LogP contribution is 2.23. The zero-order valence-electron chi connectivity index (χ0n) is 12.5. The predicted molar refractivity (Wildman–Crippen MR) is 85.1 cm³/mol. The molecule has 114 valence electrons. The number of benzene rings is 1. The number of Topliss-reactive ketones (excluding diaryl/α,β-unsaturated/α-hetero) is 1. The van der Waals surface area contributed by atoms with E-state index in [1.54, 1.807) is 18.3 Å². The molecule has 0 bridgehead atoms. The van der Waals surface area contributed by atoms with Crippen molar-refractivity contribution in [1.82, 2.24) is 4.98 Å². The first kappa shape index (κ1) is 14.5. The van der Waals surface area contributed by atoms with Crippen molar-refractivity contribution < 1.29 is 9.18 Å². The Balaban J connectivity index is 1.70. The van der Waals surface area contributed by atoms with E-state index in [-0.39, 0.29) is 11.6 Å². The number of aromatic nitrogens is 1. The molecule has 1 fully saturated rings. The molecule has 0 atom stereocenters. The molecular weight excluding hydrogens is 281 g/mol. The largest absolute Gasteiger partial charge is 0.366 e. The van der Waals surface area contributed by atoms with E-state index in [1.165, 1.54) is 13.0 Å². The number of ketones is 1. The van der Waals surface area contributed by atoms with E-state index in [4.69, 9.17) is 0 Å². The van der Waals surface area contributed by atoms with Gasteiger partial charge in [-0.25, -0.2) is 9.37 Å². The zero-order chi connectivity index (χ0) is 15.5. The summed E-state index contributed by atoms with van der Waals surface area (Å²) in [5.74, 6) is 0.499. The quantitative estimate of drug-likeness (QED) is 0.817. The second-order valence-corrected chi connectivity index (χ2v) is 5.38. The minimum absolute atomic E-state index is 0.120. The van der Waals surface area contributed by atoms with Gasteiger partial charge in [0, 0.05) is 37.9 Å². The molecule has 5 heteroatoms. The molecule has 0 amide bonds. The van der Waals surface area contributed by atoms with E-state index in [0.717, 1.165) is 32.0 Å². The summed E-state index contributed by atoms with van der Waals surface area (Å²) in [5.41, 5.74) is 0.971. The number of piperazine rings is 1. The first-order valence-electron chi connectivity index (χ1n) is 7.36. The summed E-state index contributed by atoms with van der Waals surface area (Å²) >= 11 is 0. The first-order chi connectivity index (χ1) is 10.6. The van der Waals surface area contributed by atoms with Gasteiger partial charge in [0.05, 0.1) is 5.69 Å². The van der Waals surface area contributed by atoms with Crippen molar-refractivity contribution in [1.29, 1.82) is 0 Å². The second-order valence-electron chi connectivity index (χ2n) is 5.38. The van der Waals surface area contributed by atoms with Crippen molar-refractivity contribution in [3.05, 3.63) is 54.0 Å². The average molecular weight is 299 g/mol. The molecule has 2 aromatic rings. The van der Waals surface area contributed by atoms with Gasteiger partial charge in [-0.2, -0.15) is 0 Å². The number of hydrogen-bond acceptors (Lipinski definition) is 4. The number of nitrogens with zero attached hydrogens (tertiary/aromatic N) is 3. The van der Waals surface area contributed by atoms with Crippen LogP contribution < -0.4 is 9.80 Å². The van der Waals surface area contributed by atoms with Gasteiger partial charge >= 0.3 is 0 Å². The Hall–Kier alpha value is -2.43. The van der Waals surface area contributed by atoms with Gasteiger partial charge in [-0.05, 0) is 37.3 Å². The number of carbonyl (C=O) groups is 1. The van der Waals surface area contributed by atoms with Crippen LogP contribution in [0.1, 0.15) is 17.3 Å². The van der Waals surface area contributed by atoms with Crippen molar-refractivity contribution in [3.63, 3.8) is 0 Å². The molecule has 1 aliphatic heterocycles. The summed E-state index contributed by atoms with van der Waals surface area (Å²) in [7, 11) is 0. The van der Waals surface area contributed by atoms with E-state index in [0.29, 0.717) is 11.3 Å². The lowest BCUT2D eigenvalue weighted by molar-refractivity contribution is 0.101. The third-order valence-corrected chi connectivity index (χ3v) is 3.95. The van der Waals surface area contributed by atoms with E-state index in [2.05, 4.69) is 9.88 Å². The number of hydrogen-bond donors (Lipinski definition) is 0. The van der Waals surface area contributed by atoms with Gasteiger partial charge < -0.3 is 9.80 Å². The Morgan fingerprint density at radius 3 is 2.41 bits per heavy atom. The van der Waals surface area contributed by atoms with Gasteiger partial charge in [0.25, 0.3) is 0 Å². The van der Waals surface area contributed by atoms with Crippen LogP contribution in [0.15, 0.2) is 42.6 Å². The molecule has 1 aromatic heterocycles. The molecule has 0 radical (unpaired) electrons. The van der Waals surface area contributed by atoms with Crippen LogP contribution in [0.4, 0.5) is 15.9 Å². The minimum atomic E-state index is -0.334. The van der Waals surface area contributed by atoms with E-state index >= 15 is 0 Å². The maximum atomic E-state index is 14.2. The molecule has 1 aliphatic rings. The van der Waals surface area contributed by atoms with Gasteiger partial charge in [0.1, 0.15) is 11.6 Å². The predicted octanol–water partition coefficient (Wildman–Crippen LogP) is 2.75. The fourth-order valence-corrected chi connectivity index (χ4v) is 2.70. The van der Waals surface area contributed by atoms with Crippen molar-refractivity contribution in [2.75, 3.05) is 36.0 Å². The number of carbonyl (C=O) groups excluding carboxylic acids is 1. The topological polar surface area (TPSA) is 36.4 Å². The third-order valence-electron chi connectivity index (χ3n) is 3.95. The van der Waals surface area contributed by atoms with Crippen LogP contribution >= 0.6 is 0 Å². The summed E-state index contributed by atoms with van der Waals surface area (Å²) in [5, 5.41) is 0.